The summed E-state index contributed by atoms with van der Waals surface area (Å²) in [6.45, 7) is 0. The predicted molar refractivity (Wildman–Crippen MR) is 81.3 cm³/mol. The van der Waals surface area contributed by atoms with Crippen LogP contribution in [0.3, 0.4) is 0 Å². The Kier molecular flexibility index (Phi) is 2.96. The molecule has 0 radical (unpaired) electrons. The van der Waals surface area contributed by atoms with E-state index in [4.69, 9.17) is 23.7 Å². The highest BCUT2D eigenvalue weighted by atomic mass is 16.7. The Morgan fingerprint density at radius 1 is 1.09 bits per heavy atom. The second kappa shape index (κ2) is 4.89. The minimum atomic E-state index is -0.823. The number of ether oxygens (including phenoxy) is 5. The molecule has 6 nitrogen and oxygen atoms in total. The van der Waals surface area contributed by atoms with E-state index in [0.29, 0.717) is 34.1 Å². The molecule has 2 aliphatic rings. The van der Waals surface area contributed by atoms with E-state index in [-0.39, 0.29) is 0 Å². The molecule has 118 valence electrons. The minimum absolute atomic E-state index is 0.322. The Morgan fingerprint density at radius 2 is 1.91 bits per heavy atom. The zero-order chi connectivity index (χ0) is 16.1. The van der Waals surface area contributed by atoms with Gasteiger partial charge in [-0.3, -0.25) is 0 Å². The van der Waals surface area contributed by atoms with Gasteiger partial charge < -0.3 is 23.7 Å². The Labute approximate surface area is 132 Å². The van der Waals surface area contributed by atoms with Crippen molar-refractivity contribution in [2.45, 2.75) is 6.29 Å². The average Bonchev–Trinajstić information content (AvgIpc) is 2.83. The first-order chi connectivity index (χ1) is 11.2. The van der Waals surface area contributed by atoms with Crippen molar-refractivity contribution in [3.8, 4) is 11.5 Å². The molecule has 4 rings (SSSR count). The van der Waals surface area contributed by atoms with Crippen molar-refractivity contribution in [3.63, 3.8) is 0 Å². The van der Waals surface area contributed by atoms with E-state index in [1.165, 1.54) is 14.2 Å². The molecule has 2 aliphatic heterocycles. The van der Waals surface area contributed by atoms with Crippen molar-refractivity contribution in [3.05, 3.63) is 41.2 Å². The first kappa shape index (κ1) is 13.9. The summed E-state index contributed by atoms with van der Waals surface area (Å²) in [5.41, 5.74) is 1.15. The average molecular weight is 314 g/mol. The van der Waals surface area contributed by atoms with Gasteiger partial charge in [0.1, 0.15) is 11.5 Å². The van der Waals surface area contributed by atoms with E-state index in [1.54, 1.807) is 19.2 Å². The van der Waals surface area contributed by atoms with E-state index in [1.807, 2.05) is 12.1 Å². The maximum atomic E-state index is 12.2. The number of hydrogen-bond acceptors (Lipinski definition) is 6. The summed E-state index contributed by atoms with van der Waals surface area (Å²) in [4.78, 5) is 12.2. The van der Waals surface area contributed by atoms with Crippen LogP contribution in [0.15, 0.2) is 30.0 Å². The number of benzene rings is 2. The van der Waals surface area contributed by atoms with Crippen LogP contribution in [0, 0.1) is 0 Å². The highest BCUT2D eigenvalue weighted by molar-refractivity contribution is 6.13. The maximum absolute atomic E-state index is 12.2. The predicted octanol–water partition coefficient (Wildman–Crippen LogP) is 2.70. The van der Waals surface area contributed by atoms with E-state index in [9.17, 15) is 4.79 Å². The summed E-state index contributed by atoms with van der Waals surface area (Å²) < 4.78 is 27.5. The second-order valence-electron chi connectivity index (χ2n) is 5.18. The van der Waals surface area contributed by atoms with Crippen LogP contribution < -0.4 is 9.47 Å². The molecule has 0 fully saturated rings. The molecule has 0 saturated heterocycles. The fraction of sp³-hybridized carbons (Fsp3) is 0.235. The minimum Gasteiger partial charge on any atom is -0.497 e. The Balaban J connectivity index is 2.14. The van der Waals surface area contributed by atoms with Gasteiger partial charge in [0.2, 0.25) is 5.76 Å². The maximum Gasteiger partial charge on any atom is 0.344 e. The van der Waals surface area contributed by atoms with Gasteiger partial charge in [-0.15, -0.1) is 0 Å². The summed E-state index contributed by atoms with van der Waals surface area (Å²) >= 11 is 0. The van der Waals surface area contributed by atoms with Gasteiger partial charge in [-0.05, 0) is 17.5 Å². The summed E-state index contributed by atoms with van der Waals surface area (Å²) in [5.74, 6) is 1.45. The van der Waals surface area contributed by atoms with Crippen molar-refractivity contribution >= 4 is 22.5 Å². The molecule has 0 bridgehead atoms. The number of carbonyl (C=O) groups is 1. The van der Waals surface area contributed by atoms with Crippen molar-refractivity contribution in [2.75, 3.05) is 21.3 Å². The van der Waals surface area contributed by atoms with Crippen molar-refractivity contribution in [2.24, 2.45) is 0 Å². The molecule has 0 spiro atoms. The van der Waals surface area contributed by atoms with Crippen molar-refractivity contribution in [1.29, 1.82) is 0 Å². The standard InChI is InChI=1S/C17H14O6/c1-19-9-6-8-4-5-10-13-12(8)11(7-9)22-17(21-3)15(20-2)14(13)23-16(10)18/h4-7,17H,1-3H3. The molecule has 0 amide bonds. The molecule has 0 saturated carbocycles. The van der Waals surface area contributed by atoms with E-state index >= 15 is 0 Å². The zero-order valence-electron chi connectivity index (χ0n) is 12.8. The molecule has 1 atom stereocenters. The normalized spacial score (nSPS) is 18.6. The third kappa shape index (κ3) is 1.82. The van der Waals surface area contributed by atoms with Gasteiger partial charge in [0.25, 0.3) is 6.29 Å². The van der Waals surface area contributed by atoms with E-state index in [2.05, 4.69) is 0 Å². The lowest BCUT2D eigenvalue weighted by atomic mass is 9.98. The third-order valence-corrected chi connectivity index (χ3v) is 4.04. The van der Waals surface area contributed by atoms with Crippen LogP contribution in [0.25, 0.3) is 16.5 Å². The van der Waals surface area contributed by atoms with Crippen LogP contribution in [0.5, 0.6) is 11.5 Å². The molecule has 0 aliphatic carbocycles. The molecule has 2 aromatic rings. The number of esters is 1. The first-order valence-corrected chi connectivity index (χ1v) is 7.02. The summed E-state index contributed by atoms with van der Waals surface area (Å²) in [6, 6.07) is 7.21. The Hall–Kier alpha value is -2.73. The van der Waals surface area contributed by atoms with Crippen LogP contribution in [0.1, 0.15) is 15.9 Å². The largest absolute Gasteiger partial charge is 0.497 e. The second-order valence-corrected chi connectivity index (χ2v) is 5.18. The van der Waals surface area contributed by atoms with Crippen molar-refractivity contribution in [1.82, 2.24) is 0 Å². The Bertz CT molecular complexity index is 867. The summed E-state index contributed by atoms with van der Waals surface area (Å²) in [5, 5.41) is 1.65. The van der Waals surface area contributed by atoms with Gasteiger partial charge in [-0.2, -0.15) is 0 Å². The summed E-state index contributed by atoms with van der Waals surface area (Å²) in [6.07, 6.45) is -0.823. The third-order valence-electron chi connectivity index (χ3n) is 4.04. The van der Waals surface area contributed by atoms with Crippen LogP contribution in [-0.4, -0.2) is 33.6 Å². The van der Waals surface area contributed by atoms with Gasteiger partial charge in [0.15, 0.2) is 5.76 Å². The SMILES string of the molecule is COC1=C2OC(=O)c3ccc4cc(OC)cc(c4c32)OC1OC. The van der Waals surface area contributed by atoms with Gasteiger partial charge in [-0.25, -0.2) is 4.79 Å². The van der Waals surface area contributed by atoms with E-state index in [0.717, 1.165) is 10.8 Å². The van der Waals surface area contributed by atoms with Crippen LogP contribution in [0.4, 0.5) is 0 Å². The lowest BCUT2D eigenvalue weighted by Crippen LogP contribution is -2.23. The van der Waals surface area contributed by atoms with Gasteiger partial charge in [0, 0.05) is 24.1 Å². The Morgan fingerprint density at radius 3 is 2.61 bits per heavy atom. The monoisotopic (exact) mass is 314 g/mol. The van der Waals surface area contributed by atoms with Gasteiger partial charge in [0.05, 0.1) is 19.8 Å². The van der Waals surface area contributed by atoms with Gasteiger partial charge >= 0.3 is 5.97 Å². The molecular weight excluding hydrogens is 300 g/mol. The van der Waals surface area contributed by atoms with Crippen LogP contribution >= 0.6 is 0 Å². The smallest absolute Gasteiger partial charge is 0.344 e. The van der Waals surface area contributed by atoms with Crippen molar-refractivity contribution < 1.29 is 28.5 Å². The molecule has 2 heterocycles. The molecule has 1 unspecified atom stereocenters. The first-order valence-electron chi connectivity index (χ1n) is 7.02. The van der Waals surface area contributed by atoms with Crippen LogP contribution in [0.2, 0.25) is 0 Å². The van der Waals surface area contributed by atoms with Crippen LogP contribution in [-0.2, 0) is 14.2 Å². The quantitative estimate of drug-likeness (QED) is 0.812. The number of carbonyl (C=O) groups excluding carboxylic acids is 1. The number of rotatable bonds is 3. The summed E-state index contributed by atoms with van der Waals surface area (Å²) in [7, 11) is 4.57. The lowest BCUT2D eigenvalue weighted by molar-refractivity contribution is -0.0556. The number of hydrogen-bond donors (Lipinski definition) is 0. The topological polar surface area (TPSA) is 63.2 Å². The molecule has 0 N–H and O–H groups in total. The lowest BCUT2D eigenvalue weighted by Gasteiger charge is -2.19. The molecule has 6 heteroatoms. The molecule has 0 aromatic heterocycles. The molecular formula is C17H14O6. The zero-order valence-corrected chi connectivity index (χ0v) is 12.8. The fourth-order valence-corrected chi connectivity index (χ4v) is 3.01. The molecule has 2 aromatic carbocycles. The highest BCUT2D eigenvalue weighted by Crippen LogP contribution is 2.46. The highest BCUT2D eigenvalue weighted by Gasteiger charge is 2.38. The number of methoxy groups -OCH3 is 3. The van der Waals surface area contributed by atoms with Gasteiger partial charge in [-0.1, -0.05) is 6.07 Å². The fourth-order valence-electron chi connectivity index (χ4n) is 3.01. The van der Waals surface area contributed by atoms with E-state index < -0.39 is 12.3 Å². The molecule has 23 heavy (non-hydrogen) atoms.